The lowest BCUT2D eigenvalue weighted by Gasteiger charge is -2.32. The first-order chi connectivity index (χ1) is 16.0. The summed E-state index contributed by atoms with van der Waals surface area (Å²) < 4.78 is 0. The number of hydrogen-bond donors (Lipinski definition) is 1. The summed E-state index contributed by atoms with van der Waals surface area (Å²) in [5, 5.41) is 0. The molecule has 6 nitrogen and oxygen atoms in total. The SMILES string of the molecule is CN(C)c1ccc(C(=O)N2CCC(c3nc(C4CC4)[nH]c(=O)c3-c3ccccc3)CC2)cc1. The third kappa shape index (κ3) is 4.42. The molecule has 5 rings (SSSR count). The number of piperidine rings is 1. The van der Waals surface area contributed by atoms with Crippen molar-refractivity contribution in [1.29, 1.82) is 0 Å². The second kappa shape index (κ2) is 8.85. The molecule has 0 atom stereocenters. The molecule has 2 aromatic carbocycles. The highest BCUT2D eigenvalue weighted by atomic mass is 16.2. The van der Waals surface area contributed by atoms with Crippen LogP contribution in [-0.4, -0.2) is 48.0 Å². The van der Waals surface area contributed by atoms with E-state index in [1.54, 1.807) is 0 Å². The number of aromatic amines is 1. The molecular formula is C27H30N4O2. The van der Waals surface area contributed by atoms with Crippen LogP contribution >= 0.6 is 0 Å². The molecule has 1 aliphatic carbocycles. The lowest BCUT2D eigenvalue weighted by atomic mass is 9.88. The summed E-state index contributed by atoms with van der Waals surface area (Å²) in [5.74, 6) is 1.45. The van der Waals surface area contributed by atoms with E-state index in [-0.39, 0.29) is 17.4 Å². The van der Waals surface area contributed by atoms with Crippen LogP contribution in [-0.2, 0) is 0 Å². The van der Waals surface area contributed by atoms with Crippen LogP contribution in [0.1, 0.15) is 59.4 Å². The van der Waals surface area contributed by atoms with E-state index in [2.05, 4.69) is 4.98 Å². The van der Waals surface area contributed by atoms with Crippen LogP contribution in [0.4, 0.5) is 5.69 Å². The van der Waals surface area contributed by atoms with Crippen LogP contribution in [0.15, 0.2) is 59.4 Å². The predicted octanol–water partition coefficient (Wildman–Crippen LogP) is 4.40. The predicted molar refractivity (Wildman–Crippen MR) is 131 cm³/mol. The van der Waals surface area contributed by atoms with Gasteiger partial charge in [-0.1, -0.05) is 30.3 Å². The molecule has 0 unspecified atom stereocenters. The third-order valence-corrected chi connectivity index (χ3v) is 6.79. The van der Waals surface area contributed by atoms with E-state index < -0.39 is 0 Å². The average molecular weight is 443 g/mol. The maximum atomic E-state index is 13.1. The van der Waals surface area contributed by atoms with Gasteiger partial charge in [0.05, 0.1) is 11.3 Å². The van der Waals surface area contributed by atoms with E-state index in [0.29, 0.717) is 30.1 Å². The number of H-pyrrole nitrogens is 1. The number of nitrogens with one attached hydrogen (secondary N) is 1. The van der Waals surface area contributed by atoms with Crippen molar-refractivity contribution >= 4 is 11.6 Å². The van der Waals surface area contributed by atoms with Crippen molar-refractivity contribution in [1.82, 2.24) is 14.9 Å². The number of aromatic nitrogens is 2. The summed E-state index contributed by atoms with van der Waals surface area (Å²) in [7, 11) is 3.98. The van der Waals surface area contributed by atoms with Crippen molar-refractivity contribution < 1.29 is 4.79 Å². The van der Waals surface area contributed by atoms with Gasteiger partial charge in [0, 0.05) is 50.3 Å². The Hall–Kier alpha value is -3.41. The maximum Gasteiger partial charge on any atom is 0.259 e. The fraction of sp³-hybridized carbons (Fsp3) is 0.370. The molecule has 3 aromatic rings. The smallest absolute Gasteiger partial charge is 0.259 e. The Kier molecular flexibility index (Phi) is 5.75. The summed E-state index contributed by atoms with van der Waals surface area (Å²) in [6.07, 6.45) is 3.79. The lowest BCUT2D eigenvalue weighted by Crippen LogP contribution is -2.38. The Morgan fingerprint density at radius 2 is 1.61 bits per heavy atom. The fourth-order valence-electron chi connectivity index (χ4n) is 4.68. The Labute approximate surface area is 194 Å². The van der Waals surface area contributed by atoms with Gasteiger partial charge in [-0.25, -0.2) is 4.98 Å². The number of anilines is 1. The van der Waals surface area contributed by atoms with E-state index in [9.17, 15) is 9.59 Å². The third-order valence-electron chi connectivity index (χ3n) is 6.79. The summed E-state index contributed by atoms with van der Waals surface area (Å²) in [4.78, 5) is 38.1. The summed E-state index contributed by atoms with van der Waals surface area (Å²) >= 11 is 0. The van der Waals surface area contributed by atoms with Crippen molar-refractivity contribution in [3.63, 3.8) is 0 Å². The van der Waals surface area contributed by atoms with Gasteiger partial charge in [-0.3, -0.25) is 9.59 Å². The molecule has 0 bridgehead atoms. The van der Waals surface area contributed by atoms with Gasteiger partial charge in [0.25, 0.3) is 11.5 Å². The molecule has 1 aromatic heterocycles. The monoisotopic (exact) mass is 442 g/mol. The molecule has 2 fully saturated rings. The largest absolute Gasteiger partial charge is 0.378 e. The first kappa shape index (κ1) is 21.4. The fourth-order valence-corrected chi connectivity index (χ4v) is 4.68. The summed E-state index contributed by atoms with van der Waals surface area (Å²) in [5.41, 5.74) is 4.23. The van der Waals surface area contributed by atoms with Crippen LogP contribution in [0.25, 0.3) is 11.1 Å². The van der Waals surface area contributed by atoms with Crippen molar-refractivity contribution in [3.05, 3.63) is 82.0 Å². The molecule has 1 saturated heterocycles. The highest BCUT2D eigenvalue weighted by Gasteiger charge is 2.32. The molecule has 0 spiro atoms. The van der Waals surface area contributed by atoms with Gasteiger partial charge in [0.1, 0.15) is 5.82 Å². The molecular weight excluding hydrogens is 412 g/mol. The highest BCUT2D eigenvalue weighted by Crippen LogP contribution is 2.40. The molecule has 1 saturated carbocycles. The van der Waals surface area contributed by atoms with Gasteiger partial charge in [-0.2, -0.15) is 0 Å². The molecule has 0 radical (unpaired) electrons. The van der Waals surface area contributed by atoms with E-state index in [4.69, 9.17) is 4.98 Å². The zero-order valence-electron chi connectivity index (χ0n) is 19.3. The van der Waals surface area contributed by atoms with E-state index in [0.717, 1.165) is 48.5 Å². The molecule has 2 aliphatic rings. The molecule has 33 heavy (non-hydrogen) atoms. The lowest BCUT2D eigenvalue weighted by molar-refractivity contribution is 0.0712. The van der Waals surface area contributed by atoms with Crippen LogP contribution in [0.5, 0.6) is 0 Å². The molecule has 1 aliphatic heterocycles. The van der Waals surface area contributed by atoms with Crippen molar-refractivity contribution in [3.8, 4) is 11.1 Å². The first-order valence-electron chi connectivity index (χ1n) is 11.8. The Bertz CT molecular complexity index is 1190. The van der Waals surface area contributed by atoms with Gasteiger partial charge < -0.3 is 14.8 Å². The number of hydrogen-bond acceptors (Lipinski definition) is 4. The number of nitrogens with zero attached hydrogens (tertiary/aromatic N) is 3. The van der Waals surface area contributed by atoms with Gasteiger partial charge in [-0.15, -0.1) is 0 Å². The Morgan fingerprint density at radius 3 is 2.21 bits per heavy atom. The number of benzene rings is 2. The quantitative estimate of drug-likeness (QED) is 0.636. The van der Waals surface area contributed by atoms with E-state index >= 15 is 0 Å². The molecule has 2 heterocycles. The van der Waals surface area contributed by atoms with Crippen LogP contribution in [0.3, 0.4) is 0 Å². The van der Waals surface area contributed by atoms with Crippen LogP contribution in [0, 0.1) is 0 Å². The molecule has 1 amide bonds. The van der Waals surface area contributed by atoms with Gasteiger partial charge in [0.2, 0.25) is 0 Å². The highest BCUT2D eigenvalue weighted by molar-refractivity contribution is 5.94. The molecule has 6 heteroatoms. The van der Waals surface area contributed by atoms with E-state index in [1.807, 2.05) is 78.5 Å². The number of likely N-dealkylation sites (tertiary alicyclic amines) is 1. The average Bonchev–Trinajstić information content (AvgIpc) is 3.69. The van der Waals surface area contributed by atoms with Crippen LogP contribution in [0.2, 0.25) is 0 Å². The Morgan fingerprint density at radius 1 is 0.939 bits per heavy atom. The first-order valence-corrected chi connectivity index (χ1v) is 11.8. The topological polar surface area (TPSA) is 69.3 Å². The van der Waals surface area contributed by atoms with Gasteiger partial charge in [0.15, 0.2) is 0 Å². The van der Waals surface area contributed by atoms with Gasteiger partial charge >= 0.3 is 0 Å². The summed E-state index contributed by atoms with van der Waals surface area (Å²) in [6.45, 7) is 1.33. The standard InChI is InChI=1S/C27H30N4O2/c1-30(2)22-12-10-21(11-13-22)27(33)31-16-14-19(15-17-31)24-23(18-6-4-3-5-7-18)26(32)29-25(28-24)20-8-9-20/h3-7,10-13,19-20H,8-9,14-17H2,1-2H3,(H,28,29,32). The maximum absolute atomic E-state index is 13.1. The van der Waals surface area contributed by atoms with Crippen molar-refractivity contribution in [2.75, 3.05) is 32.1 Å². The molecule has 1 N–H and O–H groups in total. The number of rotatable bonds is 5. The Balaban J connectivity index is 1.37. The van der Waals surface area contributed by atoms with Crippen molar-refractivity contribution in [2.45, 2.75) is 37.5 Å². The number of amides is 1. The normalized spacial score (nSPS) is 16.6. The summed E-state index contributed by atoms with van der Waals surface area (Å²) in [6, 6.07) is 17.6. The minimum absolute atomic E-state index is 0.0485. The second-order valence-electron chi connectivity index (χ2n) is 9.36. The second-order valence-corrected chi connectivity index (χ2v) is 9.36. The minimum Gasteiger partial charge on any atom is -0.378 e. The number of carbonyl (C=O) groups is 1. The van der Waals surface area contributed by atoms with Crippen molar-refractivity contribution in [2.24, 2.45) is 0 Å². The minimum atomic E-state index is -0.0485. The van der Waals surface area contributed by atoms with E-state index in [1.165, 1.54) is 0 Å². The van der Waals surface area contributed by atoms with Gasteiger partial charge in [-0.05, 0) is 55.5 Å². The van der Waals surface area contributed by atoms with Crippen LogP contribution < -0.4 is 10.5 Å². The zero-order valence-corrected chi connectivity index (χ0v) is 19.3. The number of carbonyl (C=O) groups excluding carboxylic acids is 1. The zero-order chi connectivity index (χ0) is 22.9. The molecule has 170 valence electrons.